The molecule has 1 heterocycles. The molecule has 1 aromatic carbocycles. The van der Waals surface area contributed by atoms with Crippen molar-refractivity contribution in [2.24, 2.45) is 5.92 Å². The first kappa shape index (κ1) is 15.9. The lowest BCUT2D eigenvalue weighted by atomic mass is 10.0. The lowest BCUT2D eigenvalue weighted by molar-refractivity contribution is -0.125. The second-order valence-corrected chi connectivity index (χ2v) is 7.19. The number of rotatable bonds is 5. The van der Waals surface area contributed by atoms with Gasteiger partial charge in [0.2, 0.25) is 5.91 Å². The highest BCUT2D eigenvalue weighted by Gasteiger charge is 2.32. The molecule has 0 spiro atoms. The van der Waals surface area contributed by atoms with Crippen molar-refractivity contribution in [2.45, 2.75) is 17.5 Å². The van der Waals surface area contributed by atoms with Crippen LogP contribution in [0.2, 0.25) is 0 Å². The highest BCUT2D eigenvalue weighted by Crippen LogP contribution is 2.14. The van der Waals surface area contributed by atoms with Crippen LogP contribution in [0, 0.1) is 5.92 Å². The summed E-state index contributed by atoms with van der Waals surface area (Å²) >= 11 is 0. The molecule has 0 aliphatic carbocycles. The van der Waals surface area contributed by atoms with Crippen molar-refractivity contribution in [3.63, 3.8) is 0 Å². The summed E-state index contributed by atoms with van der Waals surface area (Å²) in [5, 5.41) is 5.92. The van der Waals surface area contributed by atoms with Gasteiger partial charge in [-0.15, -0.1) is 0 Å². The van der Waals surface area contributed by atoms with Gasteiger partial charge in [0.1, 0.15) is 0 Å². The molecule has 2 N–H and O–H groups in total. The number of hydrogen-bond acceptors (Lipinski definition) is 5. The first-order valence-corrected chi connectivity index (χ1v) is 8.62. The molecular formula is C14H20N2O4S. The Hall–Kier alpha value is -1.44. The largest absolute Gasteiger partial charge is 0.379 e. The molecule has 2 unspecified atom stereocenters. The zero-order chi connectivity index (χ0) is 15.5. The molecule has 2 atom stereocenters. The van der Waals surface area contributed by atoms with Gasteiger partial charge in [0.15, 0.2) is 9.84 Å². The fourth-order valence-corrected chi connectivity index (χ4v) is 2.90. The number of ether oxygens (including phenoxy) is 1. The molecule has 1 aromatic rings. The van der Waals surface area contributed by atoms with Gasteiger partial charge in [-0.25, -0.2) is 8.42 Å². The lowest BCUT2D eigenvalue weighted by Gasteiger charge is -2.16. The van der Waals surface area contributed by atoms with Crippen molar-refractivity contribution in [2.75, 3.05) is 26.5 Å². The predicted molar refractivity (Wildman–Crippen MR) is 78.6 cm³/mol. The minimum absolute atomic E-state index is 0.0395. The smallest absolute Gasteiger partial charge is 0.227 e. The van der Waals surface area contributed by atoms with Gasteiger partial charge in [-0.3, -0.25) is 4.79 Å². The Labute approximate surface area is 124 Å². The lowest BCUT2D eigenvalue weighted by Crippen LogP contribution is -2.42. The number of benzene rings is 1. The second kappa shape index (κ2) is 6.55. The summed E-state index contributed by atoms with van der Waals surface area (Å²) in [6.07, 6.45) is 1.17. The van der Waals surface area contributed by atoms with Crippen LogP contribution in [-0.4, -0.2) is 46.9 Å². The number of amides is 1. The van der Waals surface area contributed by atoms with Gasteiger partial charge in [-0.1, -0.05) is 12.1 Å². The van der Waals surface area contributed by atoms with Gasteiger partial charge in [0.05, 0.1) is 24.0 Å². The fraction of sp³-hybridized carbons (Fsp3) is 0.500. The van der Waals surface area contributed by atoms with Gasteiger partial charge in [0.25, 0.3) is 0 Å². The molecule has 21 heavy (non-hydrogen) atoms. The minimum atomic E-state index is -3.19. The number of likely N-dealkylation sites (N-methyl/N-ethyl adjacent to an activating group) is 1. The third-order valence-electron chi connectivity index (χ3n) is 3.61. The Morgan fingerprint density at radius 3 is 2.52 bits per heavy atom. The molecule has 7 heteroatoms. The molecule has 1 aliphatic rings. The van der Waals surface area contributed by atoms with Gasteiger partial charge in [0, 0.05) is 18.8 Å². The van der Waals surface area contributed by atoms with Gasteiger partial charge >= 0.3 is 0 Å². The molecule has 6 nitrogen and oxygen atoms in total. The van der Waals surface area contributed by atoms with Gasteiger partial charge < -0.3 is 15.4 Å². The van der Waals surface area contributed by atoms with Crippen LogP contribution in [0.1, 0.15) is 5.56 Å². The van der Waals surface area contributed by atoms with E-state index in [2.05, 4.69) is 10.6 Å². The summed E-state index contributed by atoms with van der Waals surface area (Å²) in [4.78, 5) is 12.4. The molecule has 2 rings (SSSR count). The standard InChI is InChI=1S/C14H20N2O4S/c1-15-13-9-20-8-12(13)14(17)16-7-10-3-5-11(6-4-10)21(2,18)19/h3-6,12-13,15H,7-9H2,1-2H3,(H,16,17). The fourth-order valence-electron chi connectivity index (χ4n) is 2.27. The number of hydrogen-bond donors (Lipinski definition) is 2. The number of sulfone groups is 1. The van der Waals surface area contributed by atoms with E-state index in [0.717, 1.165) is 5.56 Å². The molecule has 0 aromatic heterocycles. The van der Waals surface area contributed by atoms with Crippen LogP contribution in [-0.2, 0) is 25.9 Å². The summed E-state index contributed by atoms with van der Waals surface area (Å²) in [5.41, 5.74) is 0.857. The predicted octanol–water partition coefficient (Wildman–Crippen LogP) is -0.0593. The molecule has 1 aliphatic heterocycles. The molecule has 0 saturated carbocycles. The van der Waals surface area contributed by atoms with Crippen molar-refractivity contribution < 1.29 is 17.9 Å². The van der Waals surface area contributed by atoms with Crippen molar-refractivity contribution >= 4 is 15.7 Å². The van der Waals surface area contributed by atoms with Crippen LogP contribution in [0.25, 0.3) is 0 Å². The van der Waals surface area contributed by atoms with Gasteiger partial charge in [-0.2, -0.15) is 0 Å². The third-order valence-corrected chi connectivity index (χ3v) is 4.73. The molecule has 1 amide bonds. The molecule has 0 bridgehead atoms. The van der Waals surface area contributed by atoms with Crippen molar-refractivity contribution in [3.05, 3.63) is 29.8 Å². The average Bonchev–Trinajstić information content (AvgIpc) is 2.92. The first-order chi connectivity index (χ1) is 9.91. The number of carbonyl (C=O) groups excluding carboxylic acids is 1. The Balaban J connectivity index is 1.92. The normalized spacial score (nSPS) is 22.2. The maximum Gasteiger partial charge on any atom is 0.227 e. The van der Waals surface area contributed by atoms with Crippen LogP contribution in [0.15, 0.2) is 29.2 Å². The monoisotopic (exact) mass is 312 g/mol. The molecule has 1 saturated heterocycles. The van der Waals surface area contributed by atoms with Crippen LogP contribution in [0.3, 0.4) is 0 Å². The summed E-state index contributed by atoms with van der Waals surface area (Å²) < 4.78 is 28.0. The molecule has 0 radical (unpaired) electrons. The summed E-state index contributed by atoms with van der Waals surface area (Å²) in [5.74, 6) is -0.246. The van der Waals surface area contributed by atoms with E-state index in [1.807, 2.05) is 7.05 Å². The second-order valence-electron chi connectivity index (χ2n) is 5.17. The number of carbonyl (C=O) groups is 1. The number of nitrogens with one attached hydrogen (secondary N) is 2. The molecule has 1 fully saturated rings. The van der Waals surface area contributed by atoms with Crippen LogP contribution < -0.4 is 10.6 Å². The van der Waals surface area contributed by atoms with Crippen LogP contribution >= 0.6 is 0 Å². The van der Waals surface area contributed by atoms with E-state index in [-0.39, 0.29) is 22.8 Å². The quantitative estimate of drug-likeness (QED) is 0.796. The Bertz CT molecular complexity index is 598. The zero-order valence-electron chi connectivity index (χ0n) is 12.1. The van der Waals surface area contributed by atoms with Crippen LogP contribution in [0.4, 0.5) is 0 Å². The average molecular weight is 312 g/mol. The summed E-state index contributed by atoms with van der Waals surface area (Å²) in [6.45, 7) is 1.33. The maximum absolute atomic E-state index is 12.1. The maximum atomic E-state index is 12.1. The first-order valence-electron chi connectivity index (χ1n) is 6.73. The van der Waals surface area contributed by atoms with E-state index in [1.54, 1.807) is 24.3 Å². The Morgan fingerprint density at radius 1 is 1.29 bits per heavy atom. The summed E-state index contributed by atoms with van der Waals surface area (Å²) in [7, 11) is -1.38. The Kier molecular flexibility index (Phi) is 4.97. The van der Waals surface area contributed by atoms with Crippen LogP contribution in [0.5, 0.6) is 0 Å². The van der Waals surface area contributed by atoms with Crippen molar-refractivity contribution in [1.82, 2.24) is 10.6 Å². The molecular weight excluding hydrogens is 292 g/mol. The highest BCUT2D eigenvalue weighted by molar-refractivity contribution is 7.90. The third kappa shape index (κ3) is 4.03. The highest BCUT2D eigenvalue weighted by atomic mass is 32.2. The van der Waals surface area contributed by atoms with E-state index >= 15 is 0 Å². The molecule has 116 valence electrons. The zero-order valence-corrected chi connectivity index (χ0v) is 12.9. The van der Waals surface area contributed by atoms with E-state index in [0.29, 0.717) is 19.8 Å². The van der Waals surface area contributed by atoms with Gasteiger partial charge in [-0.05, 0) is 24.7 Å². The summed E-state index contributed by atoms with van der Waals surface area (Å²) in [6, 6.07) is 6.55. The SMILES string of the molecule is CNC1COCC1C(=O)NCc1ccc(S(C)(=O)=O)cc1. The Morgan fingerprint density at radius 2 is 1.95 bits per heavy atom. The topological polar surface area (TPSA) is 84.5 Å². The minimum Gasteiger partial charge on any atom is -0.379 e. The van der Waals surface area contributed by atoms with E-state index in [4.69, 9.17) is 4.74 Å². The van der Waals surface area contributed by atoms with E-state index < -0.39 is 9.84 Å². The van der Waals surface area contributed by atoms with E-state index in [9.17, 15) is 13.2 Å². The van der Waals surface area contributed by atoms with E-state index in [1.165, 1.54) is 6.26 Å². The van der Waals surface area contributed by atoms with Crippen molar-refractivity contribution in [3.8, 4) is 0 Å². The van der Waals surface area contributed by atoms with Crippen molar-refractivity contribution in [1.29, 1.82) is 0 Å².